The summed E-state index contributed by atoms with van der Waals surface area (Å²) in [5.41, 5.74) is 1.09. The van der Waals surface area contributed by atoms with E-state index in [4.69, 9.17) is 0 Å². The van der Waals surface area contributed by atoms with Crippen molar-refractivity contribution in [2.75, 3.05) is 26.2 Å². The lowest BCUT2D eigenvalue weighted by Gasteiger charge is -2.47. The van der Waals surface area contributed by atoms with E-state index in [-0.39, 0.29) is 0 Å². The molecule has 2 heteroatoms. The zero-order valence-corrected chi connectivity index (χ0v) is 17.1. The normalized spacial score (nSPS) is 36.6. The molecular weight excluding hydrogens is 292 g/mol. The Morgan fingerprint density at radius 1 is 0.750 bits per heavy atom. The zero-order valence-electron chi connectivity index (χ0n) is 17.1. The average molecular weight is 335 g/mol. The van der Waals surface area contributed by atoms with Gasteiger partial charge in [-0.25, -0.2) is 0 Å². The molecule has 0 aromatic heterocycles. The van der Waals surface area contributed by atoms with Gasteiger partial charge in [0.2, 0.25) is 0 Å². The molecule has 0 radical (unpaired) electrons. The average Bonchev–Trinajstić information content (AvgIpc) is 2.53. The highest BCUT2D eigenvalue weighted by Crippen LogP contribution is 2.40. The molecule has 1 unspecified atom stereocenters. The Morgan fingerprint density at radius 3 is 1.79 bits per heavy atom. The highest BCUT2D eigenvalue weighted by molar-refractivity contribution is 4.90. The van der Waals surface area contributed by atoms with Crippen LogP contribution in [0.1, 0.15) is 86.0 Å². The van der Waals surface area contributed by atoms with E-state index in [1.807, 2.05) is 0 Å². The topological polar surface area (TPSA) is 6.48 Å². The Hall–Kier alpha value is -0.0800. The van der Waals surface area contributed by atoms with Gasteiger partial charge in [-0.3, -0.25) is 9.80 Å². The summed E-state index contributed by atoms with van der Waals surface area (Å²) in [5.74, 6) is 0.944. The van der Waals surface area contributed by atoms with Crippen molar-refractivity contribution in [3.8, 4) is 0 Å². The van der Waals surface area contributed by atoms with E-state index < -0.39 is 0 Å². The van der Waals surface area contributed by atoms with Gasteiger partial charge in [0.1, 0.15) is 0 Å². The summed E-state index contributed by atoms with van der Waals surface area (Å²) in [7, 11) is 0. The molecule has 0 N–H and O–H groups in total. The van der Waals surface area contributed by atoms with E-state index in [0.717, 1.165) is 18.0 Å². The van der Waals surface area contributed by atoms with Crippen LogP contribution in [-0.2, 0) is 0 Å². The van der Waals surface area contributed by atoms with Crippen LogP contribution in [0.2, 0.25) is 0 Å². The van der Waals surface area contributed by atoms with Crippen LogP contribution in [0, 0.1) is 16.7 Å². The summed E-state index contributed by atoms with van der Waals surface area (Å²) in [6.07, 6.45) is 11.5. The molecule has 3 aliphatic rings. The molecule has 2 aliphatic carbocycles. The number of piperazine rings is 1. The predicted molar refractivity (Wildman–Crippen MR) is 104 cm³/mol. The summed E-state index contributed by atoms with van der Waals surface area (Å²) < 4.78 is 0. The van der Waals surface area contributed by atoms with Crippen molar-refractivity contribution in [1.82, 2.24) is 9.80 Å². The SMILES string of the molecule is CC1(C)CCCC(N2CCN(C3CCC(C(C)(C)C)CC3)CC2)C1. The van der Waals surface area contributed by atoms with Gasteiger partial charge in [-0.15, -0.1) is 0 Å². The molecule has 24 heavy (non-hydrogen) atoms. The van der Waals surface area contributed by atoms with E-state index in [2.05, 4.69) is 44.4 Å². The maximum atomic E-state index is 2.84. The van der Waals surface area contributed by atoms with Crippen LogP contribution in [0.5, 0.6) is 0 Å². The van der Waals surface area contributed by atoms with Crippen molar-refractivity contribution < 1.29 is 0 Å². The molecule has 3 fully saturated rings. The first-order valence-corrected chi connectivity index (χ1v) is 10.7. The fourth-order valence-electron chi connectivity index (χ4n) is 5.74. The minimum absolute atomic E-state index is 0.511. The second kappa shape index (κ2) is 7.27. The van der Waals surface area contributed by atoms with E-state index in [0.29, 0.717) is 10.8 Å². The van der Waals surface area contributed by atoms with Gasteiger partial charge >= 0.3 is 0 Å². The highest BCUT2D eigenvalue weighted by atomic mass is 15.3. The van der Waals surface area contributed by atoms with Crippen LogP contribution in [-0.4, -0.2) is 48.1 Å². The van der Waals surface area contributed by atoms with Crippen molar-refractivity contribution in [1.29, 1.82) is 0 Å². The van der Waals surface area contributed by atoms with Crippen molar-refractivity contribution in [2.24, 2.45) is 16.7 Å². The summed E-state index contributed by atoms with van der Waals surface area (Å²) in [5, 5.41) is 0. The van der Waals surface area contributed by atoms with Crippen LogP contribution < -0.4 is 0 Å². The number of hydrogen-bond donors (Lipinski definition) is 0. The smallest absolute Gasteiger partial charge is 0.0113 e. The van der Waals surface area contributed by atoms with Crippen molar-refractivity contribution >= 4 is 0 Å². The minimum atomic E-state index is 0.511. The molecule has 1 aliphatic heterocycles. The molecule has 1 heterocycles. The first kappa shape index (κ1) is 18.7. The lowest BCUT2D eigenvalue weighted by Crippen LogP contribution is -2.55. The standard InChI is InChI=1S/C22H42N2/c1-21(2,3)18-8-10-19(11-9-18)23-13-15-24(16-14-23)20-7-6-12-22(4,5)17-20/h18-20H,6-17H2,1-5H3. The second-order valence-electron chi connectivity index (χ2n) is 10.9. The Morgan fingerprint density at radius 2 is 1.29 bits per heavy atom. The fraction of sp³-hybridized carbons (Fsp3) is 1.00. The molecule has 0 amide bonds. The van der Waals surface area contributed by atoms with Crippen molar-refractivity contribution in [2.45, 2.75) is 98.1 Å². The third-order valence-electron chi connectivity index (χ3n) is 7.48. The number of rotatable bonds is 2. The van der Waals surface area contributed by atoms with E-state index in [1.54, 1.807) is 0 Å². The molecule has 0 aromatic rings. The van der Waals surface area contributed by atoms with Crippen molar-refractivity contribution in [3.05, 3.63) is 0 Å². The zero-order chi connectivity index (χ0) is 17.4. The summed E-state index contributed by atoms with van der Waals surface area (Å²) >= 11 is 0. The summed E-state index contributed by atoms with van der Waals surface area (Å²) in [4.78, 5) is 5.67. The second-order valence-corrected chi connectivity index (χ2v) is 10.9. The van der Waals surface area contributed by atoms with Gasteiger partial charge in [0.25, 0.3) is 0 Å². The third kappa shape index (κ3) is 4.55. The summed E-state index contributed by atoms with van der Waals surface area (Å²) in [6.45, 7) is 17.5. The first-order valence-electron chi connectivity index (χ1n) is 10.7. The molecule has 1 saturated heterocycles. The van der Waals surface area contributed by atoms with Gasteiger partial charge in [0.05, 0.1) is 0 Å². The Bertz CT molecular complexity index is 393. The molecule has 140 valence electrons. The molecule has 0 bridgehead atoms. The van der Waals surface area contributed by atoms with Crippen LogP contribution in [0.15, 0.2) is 0 Å². The monoisotopic (exact) mass is 334 g/mol. The first-order chi connectivity index (χ1) is 11.2. The van der Waals surface area contributed by atoms with E-state index in [9.17, 15) is 0 Å². The van der Waals surface area contributed by atoms with Gasteiger partial charge in [-0.1, -0.05) is 41.0 Å². The Labute approximate surface area is 151 Å². The molecule has 1 atom stereocenters. The maximum Gasteiger partial charge on any atom is 0.0113 e. The molecule has 3 rings (SSSR count). The third-order valence-corrected chi connectivity index (χ3v) is 7.48. The molecule has 2 saturated carbocycles. The molecule has 0 spiro atoms. The van der Waals surface area contributed by atoms with Gasteiger partial charge in [-0.2, -0.15) is 0 Å². The predicted octanol–water partition coefficient (Wildman–Crippen LogP) is 5.18. The van der Waals surface area contributed by atoms with E-state index in [1.165, 1.54) is 77.5 Å². The summed E-state index contributed by atoms with van der Waals surface area (Å²) in [6, 6.07) is 1.75. The van der Waals surface area contributed by atoms with E-state index >= 15 is 0 Å². The Balaban J connectivity index is 1.44. The molecule has 0 aromatic carbocycles. The fourth-order valence-corrected chi connectivity index (χ4v) is 5.74. The van der Waals surface area contributed by atoms with Crippen LogP contribution in [0.25, 0.3) is 0 Å². The number of hydrogen-bond acceptors (Lipinski definition) is 2. The van der Waals surface area contributed by atoms with Gasteiger partial charge in [-0.05, 0) is 61.7 Å². The Kier molecular flexibility index (Phi) is 5.67. The lowest BCUT2D eigenvalue weighted by molar-refractivity contribution is 0.0179. The minimum Gasteiger partial charge on any atom is -0.298 e. The quantitative estimate of drug-likeness (QED) is 0.686. The maximum absolute atomic E-state index is 2.84. The molecule has 2 nitrogen and oxygen atoms in total. The largest absolute Gasteiger partial charge is 0.298 e. The van der Waals surface area contributed by atoms with Crippen LogP contribution in [0.4, 0.5) is 0 Å². The van der Waals surface area contributed by atoms with Gasteiger partial charge in [0, 0.05) is 38.3 Å². The van der Waals surface area contributed by atoms with Gasteiger partial charge < -0.3 is 0 Å². The van der Waals surface area contributed by atoms with Crippen molar-refractivity contribution in [3.63, 3.8) is 0 Å². The van der Waals surface area contributed by atoms with Gasteiger partial charge in [0.15, 0.2) is 0 Å². The molecular formula is C22H42N2. The highest BCUT2D eigenvalue weighted by Gasteiger charge is 2.36. The number of nitrogens with zero attached hydrogens (tertiary/aromatic N) is 2. The lowest BCUT2D eigenvalue weighted by atomic mass is 9.71. The van der Waals surface area contributed by atoms with Crippen LogP contribution in [0.3, 0.4) is 0 Å². The van der Waals surface area contributed by atoms with Crippen LogP contribution >= 0.6 is 0 Å².